The number of piperidine rings is 1. The van der Waals surface area contributed by atoms with Crippen LogP contribution in [0.15, 0.2) is 24.5 Å². The number of nitrogens with one attached hydrogen (secondary N) is 1. The number of hydrogen-bond donors (Lipinski definition) is 1. The Balaban J connectivity index is 1.66. The molecule has 0 atom stereocenters. The second-order valence-electron chi connectivity index (χ2n) is 5.90. The first-order valence-corrected chi connectivity index (χ1v) is 6.96. The van der Waals surface area contributed by atoms with Gasteiger partial charge >= 0.3 is 0 Å². The normalized spacial score (nSPS) is 19.9. The fourth-order valence-corrected chi connectivity index (χ4v) is 2.51. The number of hydrogen-bond acceptors (Lipinski definition) is 3. The molecule has 3 heteroatoms. The van der Waals surface area contributed by atoms with Crippen LogP contribution in [0.2, 0.25) is 0 Å². The Morgan fingerprint density at radius 2 is 1.94 bits per heavy atom. The van der Waals surface area contributed by atoms with E-state index >= 15 is 0 Å². The summed E-state index contributed by atoms with van der Waals surface area (Å²) in [6.45, 7) is 7.10. The van der Waals surface area contributed by atoms with Crippen LogP contribution in [0, 0.1) is 5.41 Å². The molecule has 0 aliphatic carbocycles. The summed E-state index contributed by atoms with van der Waals surface area (Å²) in [6.07, 6.45) is 7.46. The highest BCUT2D eigenvalue weighted by Gasteiger charge is 2.27. The molecule has 1 aliphatic heterocycles. The van der Waals surface area contributed by atoms with Crippen LogP contribution in [0.3, 0.4) is 0 Å². The summed E-state index contributed by atoms with van der Waals surface area (Å²) in [5.74, 6) is 0. The zero-order valence-electron chi connectivity index (χ0n) is 11.7. The number of aromatic nitrogens is 1. The van der Waals surface area contributed by atoms with Crippen LogP contribution in [0.25, 0.3) is 0 Å². The molecule has 0 bridgehead atoms. The third-order valence-corrected chi connectivity index (χ3v) is 4.09. The summed E-state index contributed by atoms with van der Waals surface area (Å²) in [7, 11) is 2.22. The van der Waals surface area contributed by atoms with E-state index < -0.39 is 0 Å². The largest absolute Gasteiger partial charge is 0.316 e. The molecule has 1 fully saturated rings. The fraction of sp³-hybridized carbons (Fsp3) is 0.667. The van der Waals surface area contributed by atoms with Gasteiger partial charge in [0.25, 0.3) is 0 Å². The fourth-order valence-electron chi connectivity index (χ4n) is 2.51. The van der Waals surface area contributed by atoms with Crippen molar-refractivity contribution in [3.63, 3.8) is 0 Å². The monoisotopic (exact) mass is 247 g/mol. The highest BCUT2D eigenvalue weighted by molar-refractivity contribution is 5.09. The van der Waals surface area contributed by atoms with Crippen LogP contribution in [0.4, 0.5) is 0 Å². The maximum absolute atomic E-state index is 4.04. The first-order valence-electron chi connectivity index (χ1n) is 6.96. The van der Waals surface area contributed by atoms with Gasteiger partial charge in [-0.2, -0.15) is 0 Å². The SMILES string of the molecule is CN1CCC(C)(CNCCc2ccncc2)CC1. The molecular formula is C15H25N3. The molecule has 0 saturated carbocycles. The Morgan fingerprint density at radius 3 is 2.61 bits per heavy atom. The molecule has 1 saturated heterocycles. The molecule has 0 amide bonds. The molecule has 0 unspecified atom stereocenters. The number of pyridine rings is 1. The van der Waals surface area contributed by atoms with Gasteiger partial charge in [0.15, 0.2) is 0 Å². The second kappa shape index (κ2) is 6.30. The molecule has 1 aromatic rings. The summed E-state index contributed by atoms with van der Waals surface area (Å²) in [5.41, 5.74) is 1.86. The van der Waals surface area contributed by atoms with Gasteiger partial charge in [0.05, 0.1) is 0 Å². The van der Waals surface area contributed by atoms with Crippen LogP contribution in [-0.2, 0) is 6.42 Å². The van der Waals surface area contributed by atoms with Crippen molar-refractivity contribution in [1.82, 2.24) is 15.2 Å². The van der Waals surface area contributed by atoms with E-state index in [1.807, 2.05) is 12.4 Å². The molecule has 0 aromatic carbocycles. The van der Waals surface area contributed by atoms with E-state index in [2.05, 4.69) is 41.3 Å². The van der Waals surface area contributed by atoms with Crippen molar-refractivity contribution in [1.29, 1.82) is 0 Å². The van der Waals surface area contributed by atoms with Gasteiger partial charge in [0.1, 0.15) is 0 Å². The lowest BCUT2D eigenvalue weighted by molar-refractivity contribution is 0.137. The Labute approximate surface area is 111 Å². The number of rotatable bonds is 5. The quantitative estimate of drug-likeness (QED) is 0.806. The molecule has 18 heavy (non-hydrogen) atoms. The van der Waals surface area contributed by atoms with Crippen molar-refractivity contribution in [3.05, 3.63) is 30.1 Å². The molecule has 1 aliphatic rings. The molecule has 100 valence electrons. The minimum absolute atomic E-state index is 0.491. The summed E-state index contributed by atoms with van der Waals surface area (Å²) in [4.78, 5) is 6.47. The van der Waals surface area contributed by atoms with Crippen LogP contribution in [-0.4, -0.2) is 43.1 Å². The third-order valence-electron chi connectivity index (χ3n) is 4.09. The minimum atomic E-state index is 0.491. The molecule has 3 nitrogen and oxygen atoms in total. The lowest BCUT2D eigenvalue weighted by Crippen LogP contribution is -2.42. The van der Waals surface area contributed by atoms with E-state index in [0.717, 1.165) is 19.5 Å². The third kappa shape index (κ3) is 4.07. The van der Waals surface area contributed by atoms with E-state index in [-0.39, 0.29) is 0 Å². The maximum atomic E-state index is 4.04. The average molecular weight is 247 g/mol. The van der Waals surface area contributed by atoms with Gasteiger partial charge in [0.2, 0.25) is 0 Å². The van der Waals surface area contributed by atoms with Crippen molar-refractivity contribution in [2.24, 2.45) is 5.41 Å². The summed E-state index contributed by atoms with van der Waals surface area (Å²) < 4.78 is 0. The number of nitrogens with zero attached hydrogens (tertiary/aromatic N) is 2. The van der Waals surface area contributed by atoms with Crippen molar-refractivity contribution >= 4 is 0 Å². The highest BCUT2D eigenvalue weighted by Crippen LogP contribution is 2.29. The predicted molar refractivity (Wildman–Crippen MR) is 75.6 cm³/mol. The summed E-state index contributed by atoms with van der Waals surface area (Å²) >= 11 is 0. The zero-order valence-corrected chi connectivity index (χ0v) is 11.7. The smallest absolute Gasteiger partial charge is 0.0270 e. The second-order valence-corrected chi connectivity index (χ2v) is 5.90. The minimum Gasteiger partial charge on any atom is -0.316 e. The lowest BCUT2D eigenvalue weighted by Gasteiger charge is -2.38. The van der Waals surface area contributed by atoms with Gasteiger partial charge in [-0.1, -0.05) is 6.92 Å². The zero-order chi connectivity index (χ0) is 12.8. The van der Waals surface area contributed by atoms with Crippen LogP contribution in [0.1, 0.15) is 25.3 Å². The van der Waals surface area contributed by atoms with E-state index in [1.165, 1.54) is 31.5 Å². The lowest BCUT2D eigenvalue weighted by atomic mass is 9.80. The van der Waals surface area contributed by atoms with E-state index in [1.54, 1.807) is 0 Å². The maximum Gasteiger partial charge on any atom is 0.0270 e. The molecule has 0 radical (unpaired) electrons. The highest BCUT2D eigenvalue weighted by atomic mass is 15.1. The Bertz CT molecular complexity index is 342. The van der Waals surface area contributed by atoms with E-state index in [4.69, 9.17) is 0 Å². The van der Waals surface area contributed by atoms with Crippen LogP contribution >= 0.6 is 0 Å². The Kier molecular flexibility index (Phi) is 4.72. The first kappa shape index (κ1) is 13.5. The molecular weight excluding hydrogens is 222 g/mol. The Morgan fingerprint density at radius 1 is 1.28 bits per heavy atom. The van der Waals surface area contributed by atoms with Crippen molar-refractivity contribution in [3.8, 4) is 0 Å². The van der Waals surface area contributed by atoms with Gasteiger partial charge in [-0.3, -0.25) is 4.98 Å². The van der Waals surface area contributed by atoms with Gasteiger partial charge < -0.3 is 10.2 Å². The van der Waals surface area contributed by atoms with Crippen molar-refractivity contribution in [2.45, 2.75) is 26.2 Å². The van der Waals surface area contributed by atoms with Gasteiger partial charge in [-0.25, -0.2) is 0 Å². The van der Waals surface area contributed by atoms with Gasteiger partial charge in [0, 0.05) is 18.9 Å². The van der Waals surface area contributed by atoms with E-state index in [9.17, 15) is 0 Å². The van der Waals surface area contributed by atoms with Crippen molar-refractivity contribution < 1.29 is 0 Å². The van der Waals surface area contributed by atoms with Crippen molar-refractivity contribution in [2.75, 3.05) is 33.2 Å². The van der Waals surface area contributed by atoms with Gasteiger partial charge in [-0.15, -0.1) is 0 Å². The number of likely N-dealkylation sites (tertiary alicyclic amines) is 1. The molecule has 2 heterocycles. The van der Waals surface area contributed by atoms with E-state index in [0.29, 0.717) is 5.41 Å². The summed E-state index contributed by atoms with van der Waals surface area (Å²) in [5, 5.41) is 3.62. The van der Waals surface area contributed by atoms with Crippen LogP contribution in [0.5, 0.6) is 0 Å². The molecule has 1 aromatic heterocycles. The first-order chi connectivity index (χ1) is 8.68. The predicted octanol–water partition coefficient (Wildman–Crippen LogP) is 1.95. The average Bonchev–Trinajstić information content (AvgIpc) is 2.40. The Hall–Kier alpha value is -0.930. The molecule has 2 rings (SSSR count). The molecule has 1 N–H and O–H groups in total. The molecule has 0 spiro atoms. The topological polar surface area (TPSA) is 28.2 Å². The van der Waals surface area contributed by atoms with Gasteiger partial charge in [-0.05, 0) is 69.1 Å². The van der Waals surface area contributed by atoms with Crippen LogP contribution < -0.4 is 5.32 Å². The summed E-state index contributed by atoms with van der Waals surface area (Å²) in [6, 6.07) is 4.19. The standard InChI is InChI=1S/C15H25N3/c1-15(6-11-18(2)12-7-15)13-17-10-5-14-3-8-16-9-4-14/h3-4,8-9,17H,5-7,10-13H2,1-2H3.